The number of likely N-dealkylation sites (N-methyl/N-ethyl adjacent to an activating group) is 1. The summed E-state index contributed by atoms with van der Waals surface area (Å²) in [4.78, 5) is 16.6. The first-order valence-corrected chi connectivity index (χ1v) is 8.48. The van der Waals surface area contributed by atoms with E-state index in [9.17, 15) is 4.79 Å². The van der Waals surface area contributed by atoms with E-state index in [1.165, 1.54) is 6.42 Å². The fourth-order valence-electron chi connectivity index (χ4n) is 3.66. The lowest BCUT2D eigenvalue weighted by Gasteiger charge is -2.22. The van der Waals surface area contributed by atoms with Crippen LogP contribution in [-0.2, 0) is 11.2 Å². The summed E-state index contributed by atoms with van der Waals surface area (Å²) in [5.41, 5.74) is 0. The van der Waals surface area contributed by atoms with Crippen LogP contribution >= 0.6 is 0 Å². The van der Waals surface area contributed by atoms with Crippen molar-refractivity contribution in [3.05, 3.63) is 23.7 Å². The minimum atomic E-state index is 0.258. The number of furan rings is 1. The molecule has 0 spiro atoms. The number of carbonyl (C=O) groups is 1. The molecule has 1 aliphatic carbocycles. The average molecular weight is 304 g/mol. The van der Waals surface area contributed by atoms with Crippen molar-refractivity contribution < 1.29 is 9.21 Å². The molecule has 1 saturated heterocycles. The number of nitrogens with zero attached hydrogens (tertiary/aromatic N) is 2. The van der Waals surface area contributed by atoms with Crippen molar-refractivity contribution >= 4 is 5.91 Å². The highest BCUT2D eigenvalue weighted by Crippen LogP contribution is 2.47. The van der Waals surface area contributed by atoms with Gasteiger partial charge in [-0.15, -0.1) is 0 Å². The van der Waals surface area contributed by atoms with Gasteiger partial charge in [-0.1, -0.05) is 13.8 Å². The van der Waals surface area contributed by atoms with E-state index in [-0.39, 0.29) is 5.91 Å². The summed E-state index contributed by atoms with van der Waals surface area (Å²) in [7, 11) is 4.19. The highest BCUT2D eigenvalue weighted by molar-refractivity contribution is 5.76. The molecule has 2 aliphatic rings. The highest BCUT2D eigenvalue weighted by Gasteiger charge is 2.37. The highest BCUT2D eigenvalue weighted by atomic mass is 16.3. The third kappa shape index (κ3) is 3.22. The van der Waals surface area contributed by atoms with Crippen molar-refractivity contribution in [1.82, 2.24) is 9.80 Å². The van der Waals surface area contributed by atoms with Crippen LogP contribution in [0.5, 0.6) is 0 Å². The Balaban J connectivity index is 1.49. The number of hydrogen-bond donors (Lipinski definition) is 0. The third-order valence-electron chi connectivity index (χ3n) is 5.33. The second kappa shape index (κ2) is 6.07. The molecule has 3 rings (SSSR count). The molecule has 4 heteroatoms. The molecular formula is C18H28N2O2. The van der Waals surface area contributed by atoms with Gasteiger partial charge in [0.2, 0.25) is 5.91 Å². The lowest BCUT2D eigenvalue weighted by molar-refractivity contribution is -0.130. The Labute approximate surface area is 133 Å². The summed E-state index contributed by atoms with van der Waals surface area (Å²) in [5.74, 6) is 4.25. The van der Waals surface area contributed by atoms with Gasteiger partial charge in [0.25, 0.3) is 0 Å². The van der Waals surface area contributed by atoms with E-state index >= 15 is 0 Å². The Hall–Kier alpha value is -1.29. The Bertz CT molecular complexity index is 537. The van der Waals surface area contributed by atoms with E-state index in [2.05, 4.69) is 38.9 Å². The summed E-state index contributed by atoms with van der Waals surface area (Å²) in [5, 5.41) is 0. The molecule has 4 nitrogen and oxygen atoms in total. The van der Waals surface area contributed by atoms with Gasteiger partial charge in [-0.2, -0.15) is 0 Å². The zero-order valence-electron chi connectivity index (χ0n) is 14.2. The Morgan fingerprint density at radius 3 is 2.59 bits per heavy atom. The van der Waals surface area contributed by atoms with Gasteiger partial charge in [-0.3, -0.25) is 4.79 Å². The molecule has 0 aromatic carbocycles. The Kier molecular flexibility index (Phi) is 4.31. The Morgan fingerprint density at radius 1 is 1.27 bits per heavy atom. The van der Waals surface area contributed by atoms with Crippen LogP contribution in [0, 0.1) is 11.8 Å². The summed E-state index contributed by atoms with van der Waals surface area (Å²) in [6.45, 7) is 6.22. The first-order chi connectivity index (χ1) is 10.5. The zero-order valence-corrected chi connectivity index (χ0v) is 14.2. The predicted molar refractivity (Wildman–Crippen MR) is 86.8 cm³/mol. The van der Waals surface area contributed by atoms with Gasteiger partial charge >= 0.3 is 0 Å². The maximum absolute atomic E-state index is 12.4. The lowest BCUT2D eigenvalue weighted by atomic mass is 10.1. The SMILES string of the molecule is C[C@@H]1C[C@@H]1c1ccc(CCC(=O)N2C[C@@H](C)[C@@H](N(C)C)C2)o1. The number of hydrogen-bond acceptors (Lipinski definition) is 3. The van der Waals surface area contributed by atoms with Crippen molar-refractivity contribution in [1.29, 1.82) is 0 Å². The number of likely N-dealkylation sites (tertiary alicyclic amines) is 1. The van der Waals surface area contributed by atoms with Crippen molar-refractivity contribution in [3.63, 3.8) is 0 Å². The first-order valence-electron chi connectivity index (χ1n) is 8.48. The Morgan fingerprint density at radius 2 is 2.00 bits per heavy atom. The largest absolute Gasteiger partial charge is 0.466 e. The van der Waals surface area contributed by atoms with Gasteiger partial charge in [-0.25, -0.2) is 0 Å². The van der Waals surface area contributed by atoms with E-state index in [1.54, 1.807) is 0 Å². The first kappa shape index (κ1) is 15.6. The summed E-state index contributed by atoms with van der Waals surface area (Å²) in [6, 6.07) is 4.62. The van der Waals surface area contributed by atoms with Gasteiger partial charge in [0.05, 0.1) is 0 Å². The monoisotopic (exact) mass is 304 g/mol. The third-order valence-corrected chi connectivity index (χ3v) is 5.33. The predicted octanol–water partition coefficient (Wildman–Crippen LogP) is 2.74. The van der Waals surface area contributed by atoms with E-state index in [0.29, 0.717) is 24.3 Å². The fraction of sp³-hybridized carbons (Fsp3) is 0.722. The lowest BCUT2D eigenvalue weighted by Crippen LogP contribution is -2.35. The van der Waals surface area contributed by atoms with Gasteiger partial charge < -0.3 is 14.2 Å². The maximum atomic E-state index is 12.4. The molecule has 22 heavy (non-hydrogen) atoms. The van der Waals surface area contributed by atoms with Gasteiger partial charge in [0.15, 0.2) is 0 Å². The molecular weight excluding hydrogens is 276 g/mol. The van der Waals surface area contributed by atoms with E-state index in [1.807, 2.05) is 11.0 Å². The van der Waals surface area contributed by atoms with E-state index in [4.69, 9.17) is 4.42 Å². The molecule has 2 fully saturated rings. The van der Waals surface area contributed by atoms with Crippen molar-refractivity contribution in [2.45, 2.75) is 45.1 Å². The van der Waals surface area contributed by atoms with Gasteiger partial charge in [0, 0.05) is 37.9 Å². The van der Waals surface area contributed by atoms with Crippen molar-refractivity contribution in [2.75, 3.05) is 27.2 Å². The topological polar surface area (TPSA) is 36.7 Å². The molecule has 0 radical (unpaired) electrons. The van der Waals surface area contributed by atoms with Crippen LogP contribution in [0.4, 0.5) is 0 Å². The molecule has 0 unspecified atom stereocenters. The molecule has 1 aliphatic heterocycles. The molecule has 1 aromatic heterocycles. The number of rotatable bonds is 5. The number of aryl methyl sites for hydroxylation is 1. The molecule has 1 saturated carbocycles. The number of carbonyl (C=O) groups excluding carboxylic acids is 1. The fourth-order valence-corrected chi connectivity index (χ4v) is 3.66. The average Bonchev–Trinajstić information content (AvgIpc) is 2.91. The van der Waals surface area contributed by atoms with Crippen LogP contribution in [0.1, 0.15) is 44.1 Å². The molecule has 0 N–H and O–H groups in total. The summed E-state index contributed by atoms with van der Waals surface area (Å²) >= 11 is 0. The van der Waals surface area contributed by atoms with Crippen LogP contribution in [0.15, 0.2) is 16.5 Å². The minimum Gasteiger partial charge on any atom is -0.466 e. The van der Waals surface area contributed by atoms with Crippen LogP contribution in [0.25, 0.3) is 0 Å². The molecule has 2 heterocycles. The standard InChI is InChI=1S/C18H28N2O2/c1-12-9-15(12)17-7-5-14(22-17)6-8-18(21)20-10-13(2)16(11-20)19(3)4/h5,7,12-13,15-16H,6,8-11H2,1-4H3/t12-,13-,15+,16+/m1/s1. The van der Waals surface area contributed by atoms with Crippen molar-refractivity contribution in [3.8, 4) is 0 Å². The molecule has 1 amide bonds. The second-order valence-electron chi connectivity index (χ2n) is 7.43. The maximum Gasteiger partial charge on any atom is 0.223 e. The summed E-state index contributed by atoms with van der Waals surface area (Å²) < 4.78 is 5.89. The van der Waals surface area contributed by atoms with Gasteiger partial charge in [0.1, 0.15) is 11.5 Å². The second-order valence-corrected chi connectivity index (χ2v) is 7.43. The normalized spacial score (nSPS) is 31.0. The quantitative estimate of drug-likeness (QED) is 0.839. The molecule has 122 valence electrons. The van der Waals surface area contributed by atoms with Crippen molar-refractivity contribution in [2.24, 2.45) is 11.8 Å². The van der Waals surface area contributed by atoms with Crippen LogP contribution < -0.4 is 0 Å². The minimum absolute atomic E-state index is 0.258. The van der Waals surface area contributed by atoms with Crippen LogP contribution in [0.2, 0.25) is 0 Å². The van der Waals surface area contributed by atoms with Crippen LogP contribution in [0.3, 0.4) is 0 Å². The van der Waals surface area contributed by atoms with Gasteiger partial charge in [-0.05, 0) is 44.5 Å². The smallest absolute Gasteiger partial charge is 0.223 e. The van der Waals surface area contributed by atoms with E-state index < -0.39 is 0 Å². The molecule has 4 atom stereocenters. The zero-order chi connectivity index (χ0) is 15.9. The van der Waals surface area contributed by atoms with Crippen LogP contribution in [-0.4, -0.2) is 48.9 Å². The van der Waals surface area contributed by atoms with E-state index in [0.717, 1.165) is 36.9 Å². The molecule has 0 bridgehead atoms. The molecule has 1 aromatic rings. The number of amides is 1. The summed E-state index contributed by atoms with van der Waals surface area (Å²) in [6.07, 6.45) is 2.51.